The van der Waals surface area contributed by atoms with Crippen LogP contribution in [-0.4, -0.2) is 9.97 Å². The number of hydrogen-bond donors (Lipinski definition) is 2. The van der Waals surface area contributed by atoms with Gasteiger partial charge in [0, 0.05) is 28.5 Å². The molecule has 3 rings (SSSR count). The Bertz CT molecular complexity index is 893. The Hall–Kier alpha value is -2.40. The van der Waals surface area contributed by atoms with Gasteiger partial charge in [-0.2, -0.15) is 4.98 Å². The highest BCUT2D eigenvalue weighted by atomic mass is 79.9. The summed E-state index contributed by atoms with van der Waals surface area (Å²) in [5, 5.41) is 6.64. The zero-order valence-electron chi connectivity index (χ0n) is 14.6. The van der Waals surface area contributed by atoms with Crippen LogP contribution in [0.5, 0.6) is 0 Å². The second kappa shape index (κ2) is 7.66. The van der Waals surface area contributed by atoms with Crippen molar-refractivity contribution in [2.24, 2.45) is 0 Å². The Morgan fingerprint density at radius 1 is 0.960 bits per heavy atom. The monoisotopic (exact) mass is 396 g/mol. The van der Waals surface area contributed by atoms with Gasteiger partial charge in [-0.3, -0.25) is 0 Å². The third-order valence-corrected chi connectivity index (χ3v) is 4.69. The van der Waals surface area contributed by atoms with Crippen LogP contribution >= 0.6 is 15.9 Å². The number of halogens is 1. The molecule has 1 aromatic heterocycles. The maximum Gasteiger partial charge on any atom is 0.229 e. The molecule has 25 heavy (non-hydrogen) atoms. The Labute approximate surface area is 156 Å². The fraction of sp³-hybridized carbons (Fsp3) is 0.200. The number of benzene rings is 2. The number of hydrogen-bond acceptors (Lipinski definition) is 4. The minimum atomic E-state index is 0.586. The molecule has 0 amide bonds. The minimum Gasteiger partial charge on any atom is -0.366 e. The molecule has 0 saturated heterocycles. The predicted octanol–water partition coefficient (Wildman–Crippen LogP) is 5.52. The van der Waals surface area contributed by atoms with Crippen LogP contribution in [0.15, 0.2) is 53.0 Å². The van der Waals surface area contributed by atoms with E-state index in [1.165, 1.54) is 16.7 Å². The lowest BCUT2D eigenvalue weighted by Crippen LogP contribution is -2.05. The van der Waals surface area contributed by atoms with E-state index in [1.54, 1.807) is 0 Å². The molecule has 0 radical (unpaired) electrons. The molecule has 0 bridgehead atoms. The Morgan fingerprint density at radius 3 is 2.56 bits per heavy atom. The molecular weight excluding hydrogens is 376 g/mol. The van der Waals surface area contributed by atoms with E-state index in [1.807, 2.05) is 25.1 Å². The number of aromatic nitrogens is 2. The van der Waals surface area contributed by atoms with Gasteiger partial charge < -0.3 is 10.6 Å². The average molecular weight is 397 g/mol. The van der Waals surface area contributed by atoms with Crippen molar-refractivity contribution in [3.8, 4) is 0 Å². The molecule has 0 unspecified atom stereocenters. The number of rotatable bonds is 5. The van der Waals surface area contributed by atoms with Crippen LogP contribution in [0.1, 0.15) is 22.4 Å². The largest absolute Gasteiger partial charge is 0.366 e. The van der Waals surface area contributed by atoms with E-state index in [-0.39, 0.29) is 0 Å². The first-order valence-electron chi connectivity index (χ1n) is 8.18. The molecule has 128 valence electrons. The van der Waals surface area contributed by atoms with E-state index in [9.17, 15) is 0 Å². The van der Waals surface area contributed by atoms with E-state index in [2.05, 4.69) is 80.7 Å². The summed E-state index contributed by atoms with van der Waals surface area (Å²) >= 11 is 3.55. The van der Waals surface area contributed by atoms with Crippen molar-refractivity contribution in [2.75, 3.05) is 10.6 Å². The summed E-state index contributed by atoms with van der Waals surface area (Å²) in [6.07, 6.45) is 0. The highest BCUT2D eigenvalue weighted by molar-refractivity contribution is 9.10. The fourth-order valence-corrected chi connectivity index (χ4v) is 2.91. The minimum absolute atomic E-state index is 0.586. The van der Waals surface area contributed by atoms with Crippen LogP contribution in [0.2, 0.25) is 0 Å². The number of nitrogens with one attached hydrogen (secondary N) is 2. The molecule has 3 aromatic rings. The smallest absolute Gasteiger partial charge is 0.229 e. The van der Waals surface area contributed by atoms with Gasteiger partial charge in [0.25, 0.3) is 0 Å². The Balaban J connectivity index is 1.74. The maximum atomic E-state index is 4.57. The van der Waals surface area contributed by atoms with Gasteiger partial charge in [-0.05, 0) is 44.0 Å². The van der Waals surface area contributed by atoms with Gasteiger partial charge in [0.05, 0.1) is 0 Å². The molecule has 0 aliphatic heterocycles. The molecule has 0 saturated carbocycles. The van der Waals surface area contributed by atoms with Gasteiger partial charge in [-0.25, -0.2) is 4.98 Å². The standard InChI is InChI=1S/C20H21BrN4/c1-13-5-4-6-16(9-13)12-22-19-10-15(3)23-20(25-19)24-17-8-7-14(2)18(21)11-17/h4-11H,12H2,1-3H3,(H2,22,23,24,25). The lowest BCUT2D eigenvalue weighted by atomic mass is 10.1. The van der Waals surface area contributed by atoms with Crippen LogP contribution in [0, 0.1) is 20.8 Å². The van der Waals surface area contributed by atoms with Crippen molar-refractivity contribution >= 4 is 33.4 Å². The van der Waals surface area contributed by atoms with E-state index in [0.29, 0.717) is 5.95 Å². The third kappa shape index (κ3) is 4.79. The SMILES string of the molecule is Cc1cccc(CNc2cc(C)nc(Nc3ccc(C)c(Br)c3)n2)c1. The summed E-state index contributed by atoms with van der Waals surface area (Å²) in [7, 11) is 0. The van der Waals surface area contributed by atoms with Gasteiger partial charge in [-0.1, -0.05) is 51.8 Å². The molecule has 0 aliphatic rings. The normalized spacial score (nSPS) is 10.6. The highest BCUT2D eigenvalue weighted by Crippen LogP contribution is 2.23. The van der Waals surface area contributed by atoms with Crippen molar-refractivity contribution in [3.63, 3.8) is 0 Å². The zero-order chi connectivity index (χ0) is 17.8. The molecule has 2 N–H and O–H groups in total. The summed E-state index contributed by atoms with van der Waals surface area (Å²) in [4.78, 5) is 9.04. The summed E-state index contributed by atoms with van der Waals surface area (Å²) < 4.78 is 1.06. The third-order valence-electron chi connectivity index (χ3n) is 3.84. The van der Waals surface area contributed by atoms with Gasteiger partial charge >= 0.3 is 0 Å². The lowest BCUT2D eigenvalue weighted by molar-refractivity contribution is 1.06. The van der Waals surface area contributed by atoms with Crippen molar-refractivity contribution in [1.29, 1.82) is 0 Å². The zero-order valence-corrected chi connectivity index (χ0v) is 16.2. The highest BCUT2D eigenvalue weighted by Gasteiger charge is 2.04. The Kier molecular flexibility index (Phi) is 5.34. The summed E-state index contributed by atoms with van der Waals surface area (Å²) in [6.45, 7) is 6.85. The van der Waals surface area contributed by atoms with Crippen molar-refractivity contribution < 1.29 is 0 Å². The van der Waals surface area contributed by atoms with Crippen molar-refractivity contribution in [1.82, 2.24) is 9.97 Å². The molecule has 1 heterocycles. The average Bonchev–Trinajstić information content (AvgIpc) is 2.56. The summed E-state index contributed by atoms with van der Waals surface area (Å²) in [6, 6.07) is 16.5. The molecule has 0 fully saturated rings. The molecule has 0 aliphatic carbocycles. The molecule has 0 spiro atoms. The van der Waals surface area contributed by atoms with E-state index in [0.717, 1.165) is 28.2 Å². The molecule has 0 atom stereocenters. The summed E-state index contributed by atoms with van der Waals surface area (Å²) in [5.41, 5.74) is 5.54. The van der Waals surface area contributed by atoms with Crippen LogP contribution < -0.4 is 10.6 Å². The summed E-state index contributed by atoms with van der Waals surface area (Å²) in [5.74, 6) is 1.39. The molecule has 5 heteroatoms. The van der Waals surface area contributed by atoms with E-state index in [4.69, 9.17) is 0 Å². The quantitative estimate of drug-likeness (QED) is 0.595. The fourth-order valence-electron chi connectivity index (χ4n) is 2.53. The second-order valence-corrected chi connectivity index (χ2v) is 7.00. The van der Waals surface area contributed by atoms with Crippen LogP contribution in [0.25, 0.3) is 0 Å². The van der Waals surface area contributed by atoms with Crippen molar-refractivity contribution in [3.05, 3.63) is 75.4 Å². The van der Waals surface area contributed by atoms with Crippen molar-refractivity contribution in [2.45, 2.75) is 27.3 Å². The van der Waals surface area contributed by atoms with Gasteiger partial charge in [0.2, 0.25) is 5.95 Å². The van der Waals surface area contributed by atoms with Gasteiger partial charge in [0.15, 0.2) is 0 Å². The van der Waals surface area contributed by atoms with Crippen LogP contribution in [0.4, 0.5) is 17.5 Å². The molecule has 4 nitrogen and oxygen atoms in total. The molecule has 2 aromatic carbocycles. The van der Waals surface area contributed by atoms with E-state index >= 15 is 0 Å². The van der Waals surface area contributed by atoms with Gasteiger partial charge in [-0.15, -0.1) is 0 Å². The molecular formula is C20H21BrN4. The van der Waals surface area contributed by atoms with Crippen LogP contribution in [-0.2, 0) is 6.54 Å². The number of aryl methyl sites for hydroxylation is 3. The van der Waals surface area contributed by atoms with E-state index < -0.39 is 0 Å². The Morgan fingerprint density at radius 2 is 1.80 bits per heavy atom. The second-order valence-electron chi connectivity index (χ2n) is 6.15. The first-order chi connectivity index (χ1) is 12.0. The van der Waals surface area contributed by atoms with Gasteiger partial charge in [0.1, 0.15) is 5.82 Å². The first kappa shape index (κ1) is 17.4. The van der Waals surface area contributed by atoms with Crippen LogP contribution in [0.3, 0.4) is 0 Å². The number of nitrogens with zero attached hydrogens (tertiary/aromatic N) is 2. The predicted molar refractivity (Wildman–Crippen MR) is 107 cm³/mol. The topological polar surface area (TPSA) is 49.8 Å². The number of anilines is 3. The first-order valence-corrected chi connectivity index (χ1v) is 8.97. The lowest BCUT2D eigenvalue weighted by Gasteiger charge is -2.11. The maximum absolute atomic E-state index is 4.57.